The molecule has 6 heteroatoms. The van der Waals surface area contributed by atoms with Crippen LogP contribution in [0.5, 0.6) is 0 Å². The fraction of sp³-hybridized carbons (Fsp3) is 0.611. The van der Waals surface area contributed by atoms with E-state index in [1.807, 2.05) is 29.0 Å². The zero-order chi connectivity index (χ0) is 17.2. The van der Waals surface area contributed by atoms with E-state index in [-0.39, 0.29) is 17.2 Å². The number of pyridine rings is 1. The molecule has 0 aromatic carbocycles. The highest BCUT2D eigenvalue weighted by Crippen LogP contribution is 2.35. The van der Waals surface area contributed by atoms with E-state index in [1.165, 1.54) is 5.56 Å². The van der Waals surface area contributed by atoms with Crippen LogP contribution in [0.25, 0.3) is 0 Å². The number of carbonyl (C=O) groups excluding carboxylic acids is 2. The maximum absolute atomic E-state index is 12.3. The number of hydrogen-bond donors (Lipinski definition) is 0. The first-order valence-corrected chi connectivity index (χ1v) is 8.66. The molecule has 24 heavy (non-hydrogen) atoms. The van der Waals surface area contributed by atoms with Crippen molar-refractivity contribution in [3.8, 4) is 0 Å². The molecule has 3 heterocycles. The molecule has 2 aliphatic heterocycles. The van der Waals surface area contributed by atoms with E-state index in [9.17, 15) is 9.59 Å². The third kappa shape index (κ3) is 3.59. The minimum Gasteiger partial charge on any atom is -0.342 e. The van der Waals surface area contributed by atoms with Gasteiger partial charge in [0.25, 0.3) is 0 Å². The predicted octanol–water partition coefficient (Wildman–Crippen LogP) is 0.984. The Balaban J connectivity index is 1.80. The van der Waals surface area contributed by atoms with Gasteiger partial charge in [-0.15, -0.1) is 0 Å². The molecule has 0 radical (unpaired) electrons. The molecule has 130 valence electrons. The number of nitrogens with zero attached hydrogens (tertiary/aromatic N) is 4. The monoisotopic (exact) mass is 330 g/mol. The van der Waals surface area contributed by atoms with Crippen molar-refractivity contribution in [2.24, 2.45) is 5.41 Å². The summed E-state index contributed by atoms with van der Waals surface area (Å²) in [5.41, 5.74) is 1.01. The summed E-state index contributed by atoms with van der Waals surface area (Å²) in [5, 5.41) is 0. The molecular weight excluding hydrogens is 304 g/mol. The van der Waals surface area contributed by atoms with Crippen LogP contribution in [0.3, 0.4) is 0 Å². The van der Waals surface area contributed by atoms with E-state index in [0.29, 0.717) is 13.0 Å². The number of likely N-dealkylation sites (tertiary alicyclic amines) is 1. The first kappa shape index (κ1) is 16.9. The van der Waals surface area contributed by atoms with E-state index < -0.39 is 0 Å². The summed E-state index contributed by atoms with van der Waals surface area (Å²) in [7, 11) is 0. The quantitative estimate of drug-likeness (QED) is 0.829. The minimum absolute atomic E-state index is 0.0972. The predicted molar refractivity (Wildman–Crippen MR) is 91.1 cm³/mol. The molecule has 1 aromatic rings. The standard InChI is InChI=1S/C18H26N4O2/c1-3-21-13-18(9-17(21)24)12-20(7-8-22(14-18)15(2)23)11-16-5-4-6-19-10-16/h4-6,10H,3,7-9,11-14H2,1-2H3/t18-/m1/s1. The van der Waals surface area contributed by atoms with Gasteiger partial charge in [-0.25, -0.2) is 0 Å². The fourth-order valence-electron chi connectivity index (χ4n) is 3.98. The molecule has 0 aliphatic carbocycles. The van der Waals surface area contributed by atoms with Crippen LogP contribution in [0, 0.1) is 5.41 Å². The van der Waals surface area contributed by atoms with Crippen molar-refractivity contribution in [2.45, 2.75) is 26.8 Å². The average Bonchev–Trinajstić information content (AvgIpc) is 2.75. The zero-order valence-corrected chi connectivity index (χ0v) is 14.6. The zero-order valence-electron chi connectivity index (χ0n) is 14.6. The van der Waals surface area contributed by atoms with Crippen LogP contribution in [-0.2, 0) is 16.1 Å². The number of carbonyl (C=O) groups is 2. The maximum Gasteiger partial charge on any atom is 0.223 e. The van der Waals surface area contributed by atoms with Crippen LogP contribution in [0.2, 0.25) is 0 Å². The average molecular weight is 330 g/mol. The lowest BCUT2D eigenvalue weighted by Crippen LogP contribution is -2.44. The Labute approximate surface area is 143 Å². The Morgan fingerprint density at radius 2 is 2.12 bits per heavy atom. The number of amides is 2. The van der Waals surface area contributed by atoms with Crippen LogP contribution in [0.1, 0.15) is 25.8 Å². The highest BCUT2D eigenvalue weighted by atomic mass is 16.2. The van der Waals surface area contributed by atoms with Crippen LogP contribution in [-0.4, -0.2) is 70.8 Å². The molecule has 2 fully saturated rings. The second-order valence-corrected chi connectivity index (χ2v) is 7.10. The van der Waals surface area contributed by atoms with Gasteiger partial charge in [0.05, 0.1) is 0 Å². The van der Waals surface area contributed by atoms with E-state index >= 15 is 0 Å². The van der Waals surface area contributed by atoms with Gasteiger partial charge >= 0.3 is 0 Å². The van der Waals surface area contributed by atoms with E-state index in [0.717, 1.165) is 39.3 Å². The smallest absolute Gasteiger partial charge is 0.223 e. The molecule has 0 N–H and O–H groups in total. The van der Waals surface area contributed by atoms with Crippen LogP contribution in [0.4, 0.5) is 0 Å². The second kappa shape index (κ2) is 6.89. The Morgan fingerprint density at radius 1 is 1.29 bits per heavy atom. The first-order chi connectivity index (χ1) is 11.5. The lowest BCUT2D eigenvalue weighted by Gasteiger charge is -2.33. The van der Waals surface area contributed by atoms with Gasteiger partial charge < -0.3 is 9.80 Å². The lowest BCUT2D eigenvalue weighted by atomic mass is 9.85. The first-order valence-electron chi connectivity index (χ1n) is 8.66. The summed E-state index contributed by atoms with van der Waals surface area (Å²) in [4.78, 5) is 34.7. The molecule has 2 amide bonds. The summed E-state index contributed by atoms with van der Waals surface area (Å²) in [5.74, 6) is 0.309. The van der Waals surface area contributed by atoms with Crippen LogP contribution < -0.4 is 0 Å². The Bertz CT molecular complexity index is 606. The maximum atomic E-state index is 12.3. The Kier molecular flexibility index (Phi) is 4.85. The number of hydrogen-bond acceptors (Lipinski definition) is 4. The normalized spacial score (nSPS) is 25.3. The van der Waals surface area contributed by atoms with Crippen LogP contribution in [0.15, 0.2) is 24.5 Å². The fourth-order valence-corrected chi connectivity index (χ4v) is 3.98. The Morgan fingerprint density at radius 3 is 2.75 bits per heavy atom. The molecule has 0 bridgehead atoms. The van der Waals surface area contributed by atoms with Crippen molar-refractivity contribution in [1.82, 2.24) is 19.7 Å². The molecule has 0 saturated carbocycles. The summed E-state index contributed by atoms with van der Waals surface area (Å²) >= 11 is 0. The third-order valence-electron chi connectivity index (χ3n) is 5.13. The summed E-state index contributed by atoms with van der Waals surface area (Å²) in [6, 6.07) is 4.02. The van der Waals surface area contributed by atoms with Gasteiger partial charge in [0.2, 0.25) is 11.8 Å². The molecule has 2 saturated heterocycles. The van der Waals surface area contributed by atoms with Crippen molar-refractivity contribution in [2.75, 3.05) is 39.3 Å². The minimum atomic E-state index is -0.155. The van der Waals surface area contributed by atoms with E-state index in [2.05, 4.69) is 16.0 Å². The van der Waals surface area contributed by atoms with E-state index in [4.69, 9.17) is 0 Å². The van der Waals surface area contributed by atoms with Gasteiger partial charge in [-0.1, -0.05) is 6.07 Å². The molecule has 2 aliphatic rings. The SMILES string of the molecule is CCN1C[C@@]2(CC1=O)CN(Cc1cccnc1)CCN(C(C)=O)C2. The molecular formula is C18H26N4O2. The summed E-state index contributed by atoms with van der Waals surface area (Å²) in [6.45, 7) is 9.00. The highest BCUT2D eigenvalue weighted by molar-refractivity contribution is 5.80. The lowest BCUT2D eigenvalue weighted by molar-refractivity contribution is -0.130. The summed E-state index contributed by atoms with van der Waals surface area (Å²) in [6.07, 6.45) is 4.20. The molecule has 1 spiro atoms. The van der Waals surface area contributed by atoms with Gasteiger partial charge in [0.1, 0.15) is 0 Å². The number of aromatic nitrogens is 1. The van der Waals surface area contributed by atoms with Gasteiger partial charge in [-0.05, 0) is 18.6 Å². The Hall–Kier alpha value is -1.95. The molecule has 6 nitrogen and oxygen atoms in total. The van der Waals surface area contributed by atoms with Crippen molar-refractivity contribution in [3.05, 3.63) is 30.1 Å². The van der Waals surface area contributed by atoms with Crippen molar-refractivity contribution in [3.63, 3.8) is 0 Å². The molecule has 1 aromatic heterocycles. The molecule has 3 rings (SSSR count). The van der Waals surface area contributed by atoms with Crippen molar-refractivity contribution < 1.29 is 9.59 Å². The van der Waals surface area contributed by atoms with Crippen molar-refractivity contribution >= 4 is 11.8 Å². The highest BCUT2D eigenvalue weighted by Gasteiger charge is 2.46. The topological polar surface area (TPSA) is 56.8 Å². The van der Waals surface area contributed by atoms with Gasteiger partial charge in [0, 0.05) is 77.0 Å². The molecule has 1 atom stereocenters. The van der Waals surface area contributed by atoms with E-state index in [1.54, 1.807) is 13.1 Å². The third-order valence-corrected chi connectivity index (χ3v) is 5.13. The molecule has 0 unspecified atom stereocenters. The van der Waals surface area contributed by atoms with Gasteiger partial charge in [-0.3, -0.25) is 19.5 Å². The summed E-state index contributed by atoms with van der Waals surface area (Å²) < 4.78 is 0. The van der Waals surface area contributed by atoms with Gasteiger partial charge in [0.15, 0.2) is 0 Å². The van der Waals surface area contributed by atoms with Gasteiger partial charge in [-0.2, -0.15) is 0 Å². The second-order valence-electron chi connectivity index (χ2n) is 7.10. The largest absolute Gasteiger partial charge is 0.342 e. The number of rotatable bonds is 3. The van der Waals surface area contributed by atoms with Crippen LogP contribution >= 0.6 is 0 Å². The van der Waals surface area contributed by atoms with Crippen molar-refractivity contribution in [1.29, 1.82) is 0 Å².